The number of benzene rings is 1. The Hall–Kier alpha value is -1.94. The van der Waals surface area contributed by atoms with Crippen LogP contribution in [-0.2, 0) is 13.6 Å². The van der Waals surface area contributed by atoms with Gasteiger partial charge in [0.15, 0.2) is 0 Å². The first-order valence-electron chi connectivity index (χ1n) is 7.80. The van der Waals surface area contributed by atoms with Gasteiger partial charge in [-0.2, -0.15) is 5.10 Å². The van der Waals surface area contributed by atoms with Gasteiger partial charge in [-0.05, 0) is 50.5 Å². The fourth-order valence-electron chi connectivity index (χ4n) is 2.27. The normalized spacial score (nSPS) is 12.4. The highest BCUT2D eigenvalue weighted by atomic mass is 16.1. The molecule has 0 radical (unpaired) electrons. The van der Waals surface area contributed by atoms with E-state index in [9.17, 15) is 4.79 Å². The van der Waals surface area contributed by atoms with E-state index in [-0.39, 0.29) is 5.56 Å². The predicted molar refractivity (Wildman–Crippen MR) is 91.0 cm³/mol. The molecular formula is C18H25N3O. The maximum atomic E-state index is 12.2. The van der Waals surface area contributed by atoms with E-state index in [0.717, 1.165) is 23.2 Å². The highest BCUT2D eigenvalue weighted by molar-refractivity contribution is 5.61. The van der Waals surface area contributed by atoms with Gasteiger partial charge >= 0.3 is 0 Å². The van der Waals surface area contributed by atoms with Crippen LogP contribution in [0, 0.1) is 13.8 Å². The summed E-state index contributed by atoms with van der Waals surface area (Å²) in [6.07, 6.45) is 1.04. The van der Waals surface area contributed by atoms with E-state index in [2.05, 4.69) is 56.3 Å². The summed E-state index contributed by atoms with van der Waals surface area (Å²) < 4.78 is 1.43. The summed E-state index contributed by atoms with van der Waals surface area (Å²) in [4.78, 5) is 12.2. The molecule has 4 nitrogen and oxygen atoms in total. The molecule has 0 spiro atoms. The lowest BCUT2D eigenvalue weighted by Crippen LogP contribution is -2.31. The maximum absolute atomic E-state index is 12.2. The number of hydrogen-bond donors (Lipinski definition) is 1. The van der Waals surface area contributed by atoms with Crippen molar-refractivity contribution in [2.24, 2.45) is 7.05 Å². The maximum Gasteiger partial charge on any atom is 0.271 e. The number of aryl methyl sites for hydroxylation is 3. The Morgan fingerprint density at radius 2 is 1.95 bits per heavy atom. The van der Waals surface area contributed by atoms with Gasteiger partial charge in [0.25, 0.3) is 5.56 Å². The molecule has 1 aromatic carbocycles. The minimum absolute atomic E-state index is 0.0385. The zero-order valence-electron chi connectivity index (χ0n) is 14.1. The highest BCUT2D eigenvalue weighted by Gasteiger charge is 2.09. The molecule has 0 amide bonds. The minimum Gasteiger partial charge on any atom is -0.310 e. The largest absolute Gasteiger partial charge is 0.310 e. The first-order chi connectivity index (χ1) is 10.4. The summed E-state index contributed by atoms with van der Waals surface area (Å²) in [5.74, 6) is 0. The summed E-state index contributed by atoms with van der Waals surface area (Å²) in [6.45, 7) is 9.00. The fourth-order valence-corrected chi connectivity index (χ4v) is 2.27. The van der Waals surface area contributed by atoms with Crippen LogP contribution in [0.2, 0.25) is 0 Å². The van der Waals surface area contributed by atoms with Gasteiger partial charge in [-0.15, -0.1) is 0 Å². The van der Waals surface area contributed by atoms with Crippen molar-refractivity contribution in [2.45, 2.75) is 46.7 Å². The summed E-state index contributed by atoms with van der Waals surface area (Å²) in [5.41, 5.74) is 5.09. The SMILES string of the molecule is CCC(C)NCc1cc(-c2ccc(C)c(C)c2)nn(C)c1=O. The van der Waals surface area contributed by atoms with Crippen LogP contribution in [0.1, 0.15) is 37.0 Å². The molecule has 0 fully saturated rings. The molecule has 4 heteroatoms. The smallest absolute Gasteiger partial charge is 0.271 e. The number of nitrogens with zero attached hydrogens (tertiary/aromatic N) is 2. The number of nitrogens with one attached hydrogen (secondary N) is 1. The van der Waals surface area contributed by atoms with Crippen LogP contribution in [0.25, 0.3) is 11.3 Å². The second kappa shape index (κ2) is 6.88. The average molecular weight is 299 g/mol. The van der Waals surface area contributed by atoms with Gasteiger partial charge in [0.05, 0.1) is 5.69 Å². The first kappa shape index (κ1) is 16.4. The van der Waals surface area contributed by atoms with Crippen molar-refractivity contribution in [3.63, 3.8) is 0 Å². The lowest BCUT2D eigenvalue weighted by molar-refractivity contribution is 0.528. The zero-order valence-corrected chi connectivity index (χ0v) is 14.1. The van der Waals surface area contributed by atoms with E-state index in [1.807, 2.05) is 6.07 Å². The molecule has 0 aliphatic rings. The first-order valence-corrected chi connectivity index (χ1v) is 7.80. The zero-order chi connectivity index (χ0) is 16.3. The lowest BCUT2D eigenvalue weighted by atomic mass is 10.0. The van der Waals surface area contributed by atoms with Gasteiger partial charge in [-0.25, -0.2) is 4.68 Å². The molecule has 0 saturated carbocycles. The summed E-state index contributed by atoms with van der Waals surface area (Å²) in [6, 6.07) is 8.56. The van der Waals surface area contributed by atoms with E-state index in [1.54, 1.807) is 7.05 Å². The molecule has 0 aliphatic carbocycles. The van der Waals surface area contributed by atoms with E-state index in [1.165, 1.54) is 15.8 Å². The van der Waals surface area contributed by atoms with E-state index < -0.39 is 0 Å². The quantitative estimate of drug-likeness (QED) is 0.923. The van der Waals surface area contributed by atoms with Crippen molar-refractivity contribution < 1.29 is 0 Å². The van der Waals surface area contributed by atoms with Crippen LogP contribution < -0.4 is 10.9 Å². The average Bonchev–Trinajstić information content (AvgIpc) is 2.50. The van der Waals surface area contributed by atoms with Gasteiger partial charge < -0.3 is 5.32 Å². The van der Waals surface area contributed by atoms with Crippen LogP contribution in [0.15, 0.2) is 29.1 Å². The van der Waals surface area contributed by atoms with Crippen molar-refractivity contribution in [1.82, 2.24) is 15.1 Å². The van der Waals surface area contributed by atoms with E-state index >= 15 is 0 Å². The lowest BCUT2D eigenvalue weighted by Gasteiger charge is -2.13. The molecule has 0 saturated heterocycles. The molecule has 1 atom stereocenters. The van der Waals surface area contributed by atoms with Crippen LogP contribution >= 0.6 is 0 Å². The molecule has 0 aliphatic heterocycles. The molecule has 1 aromatic heterocycles. The third kappa shape index (κ3) is 3.63. The van der Waals surface area contributed by atoms with Crippen molar-refractivity contribution in [3.8, 4) is 11.3 Å². The monoisotopic (exact) mass is 299 g/mol. The minimum atomic E-state index is -0.0385. The van der Waals surface area contributed by atoms with E-state index in [4.69, 9.17) is 0 Å². The molecule has 22 heavy (non-hydrogen) atoms. The summed E-state index contributed by atoms with van der Waals surface area (Å²) in [5, 5.41) is 7.77. The third-order valence-corrected chi connectivity index (χ3v) is 4.19. The molecule has 2 rings (SSSR count). The Balaban J connectivity index is 2.38. The van der Waals surface area contributed by atoms with Crippen molar-refractivity contribution in [2.75, 3.05) is 0 Å². The number of hydrogen-bond acceptors (Lipinski definition) is 3. The van der Waals surface area contributed by atoms with Crippen LogP contribution in [-0.4, -0.2) is 15.8 Å². The second-order valence-electron chi connectivity index (χ2n) is 5.97. The van der Waals surface area contributed by atoms with Crippen molar-refractivity contribution >= 4 is 0 Å². The van der Waals surface area contributed by atoms with E-state index in [0.29, 0.717) is 12.6 Å². The van der Waals surface area contributed by atoms with Crippen molar-refractivity contribution in [3.05, 3.63) is 51.3 Å². The topological polar surface area (TPSA) is 46.9 Å². The number of rotatable bonds is 5. The Morgan fingerprint density at radius 1 is 1.23 bits per heavy atom. The molecule has 2 aromatic rings. The van der Waals surface area contributed by atoms with Gasteiger partial charge in [-0.1, -0.05) is 19.1 Å². The fraction of sp³-hybridized carbons (Fsp3) is 0.444. The van der Waals surface area contributed by atoms with Gasteiger partial charge in [0.2, 0.25) is 0 Å². The second-order valence-corrected chi connectivity index (χ2v) is 5.97. The molecule has 1 unspecified atom stereocenters. The molecule has 1 N–H and O–H groups in total. The Bertz CT molecular complexity index is 719. The van der Waals surface area contributed by atoms with Crippen LogP contribution in [0.5, 0.6) is 0 Å². The molecule has 0 bridgehead atoms. The standard InChI is InChI=1S/C18H25N3O/c1-6-14(4)19-11-16-10-17(20-21(5)18(16)22)15-8-7-12(2)13(3)9-15/h7-10,14,19H,6,11H2,1-5H3. The molecular weight excluding hydrogens is 274 g/mol. The Kier molecular flexibility index (Phi) is 5.14. The number of aromatic nitrogens is 2. The van der Waals surface area contributed by atoms with Gasteiger partial charge in [-0.3, -0.25) is 4.79 Å². The molecule has 1 heterocycles. The predicted octanol–water partition coefficient (Wildman–Crippen LogP) is 2.95. The summed E-state index contributed by atoms with van der Waals surface area (Å²) in [7, 11) is 1.71. The van der Waals surface area contributed by atoms with Gasteiger partial charge in [0.1, 0.15) is 0 Å². The van der Waals surface area contributed by atoms with Crippen LogP contribution in [0.3, 0.4) is 0 Å². The summed E-state index contributed by atoms with van der Waals surface area (Å²) >= 11 is 0. The molecule has 118 valence electrons. The Labute approximate surface area is 132 Å². The highest BCUT2D eigenvalue weighted by Crippen LogP contribution is 2.20. The van der Waals surface area contributed by atoms with Crippen LogP contribution in [0.4, 0.5) is 0 Å². The Morgan fingerprint density at radius 3 is 2.59 bits per heavy atom. The third-order valence-electron chi connectivity index (χ3n) is 4.19. The van der Waals surface area contributed by atoms with Gasteiger partial charge in [0, 0.05) is 30.8 Å². The van der Waals surface area contributed by atoms with Crippen molar-refractivity contribution in [1.29, 1.82) is 0 Å².